The summed E-state index contributed by atoms with van der Waals surface area (Å²) < 4.78 is 14.9. The number of hydrogen-bond donors (Lipinski definition) is 1. The number of pyridine rings is 1. The minimum Gasteiger partial charge on any atom is -0.375 e. The van der Waals surface area contributed by atoms with Crippen LogP contribution in [0.4, 0.5) is 15.8 Å². The van der Waals surface area contributed by atoms with Gasteiger partial charge in [-0.2, -0.15) is 5.10 Å². The van der Waals surface area contributed by atoms with Gasteiger partial charge in [-0.05, 0) is 18.2 Å². The van der Waals surface area contributed by atoms with Crippen molar-refractivity contribution in [2.24, 2.45) is 0 Å². The molecule has 0 spiro atoms. The van der Waals surface area contributed by atoms with Crippen LogP contribution < -0.4 is 5.32 Å². The number of nitro benzene ring substituents is 1. The first kappa shape index (κ1) is 14.6. The third-order valence-electron chi connectivity index (χ3n) is 3.21. The predicted octanol–water partition coefficient (Wildman–Crippen LogP) is 2.93. The van der Waals surface area contributed by atoms with Crippen molar-refractivity contribution >= 4 is 11.4 Å². The Morgan fingerprint density at radius 3 is 2.87 bits per heavy atom. The topological polar surface area (TPSA) is 85.9 Å². The monoisotopic (exact) mass is 313 g/mol. The largest absolute Gasteiger partial charge is 0.375 e. The zero-order valence-corrected chi connectivity index (χ0v) is 11.9. The maximum absolute atomic E-state index is 13.3. The molecule has 0 aliphatic rings. The minimum atomic E-state index is -0.556. The summed E-state index contributed by atoms with van der Waals surface area (Å²) in [4.78, 5) is 14.7. The fourth-order valence-electron chi connectivity index (χ4n) is 2.17. The van der Waals surface area contributed by atoms with E-state index in [1.807, 2.05) is 6.07 Å². The Morgan fingerprint density at radius 2 is 2.13 bits per heavy atom. The Bertz CT molecular complexity index is 836. The van der Waals surface area contributed by atoms with Crippen LogP contribution in [-0.2, 0) is 6.54 Å². The quantitative estimate of drug-likeness (QED) is 0.578. The van der Waals surface area contributed by atoms with Crippen LogP contribution in [0.2, 0.25) is 0 Å². The standard InChI is InChI=1S/C15H12FN5O2/c16-12-4-5-14(21(22)23)13(9-12)18-10-11-3-1-6-17-15(11)20-8-2-7-19-20/h1-9,18H,10H2. The van der Waals surface area contributed by atoms with Crippen LogP contribution in [0.25, 0.3) is 5.82 Å². The molecule has 0 saturated carbocycles. The first-order chi connectivity index (χ1) is 11.1. The van der Waals surface area contributed by atoms with E-state index in [9.17, 15) is 14.5 Å². The molecule has 1 aromatic carbocycles. The molecule has 3 aromatic rings. The molecular formula is C15H12FN5O2. The number of benzene rings is 1. The Balaban J connectivity index is 1.88. The Morgan fingerprint density at radius 1 is 1.26 bits per heavy atom. The van der Waals surface area contributed by atoms with Crippen LogP contribution in [0.3, 0.4) is 0 Å². The van der Waals surface area contributed by atoms with Crippen molar-refractivity contribution in [2.45, 2.75) is 6.54 Å². The number of aromatic nitrogens is 3. The van der Waals surface area contributed by atoms with Crippen LogP contribution in [0.5, 0.6) is 0 Å². The lowest BCUT2D eigenvalue weighted by molar-refractivity contribution is -0.384. The fraction of sp³-hybridized carbons (Fsp3) is 0.0667. The van der Waals surface area contributed by atoms with Crippen molar-refractivity contribution < 1.29 is 9.31 Å². The molecule has 1 N–H and O–H groups in total. The van der Waals surface area contributed by atoms with Gasteiger partial charge in [-0.1, -0.05) is 6.07 Å². The molecule has 8 heteroatoms. The molecule has 7 nitrogen and oxygen atoms in total. The Labute approximate surface area is 130 Å². The number of anilines is 1. The van der Waals surface area contributed by atoms with Crippen molar-refractivity contribution in [1.82, 2.24) is 14.8 Å². The molecule has 3 rings (SSSR count). The summed E-state index contributed by atoms with van der Waals surface area (Å²) in [5.41, 5.74) is 0.705. The maximum Gasteiger partial charge on any atom is 0.292 e. The first-order valence-corrected chi connectivity index (χ1v) is 6.77. The van der Waals surface area contributed by atoms with Gasteiger partial charge >= 0.3 is 0 Å². The second-order valence-corrected chi connectivity index (χ2v) is 4.71. The molecule has 0 unspecified atom stereocenters. The van der Waals surface area contributed by atoms with Crippen molar-refractivity contribution in [3.05, 3.63) is 76.5 Å². The highest BCUT2D eigenvalue weighted by Crippen LogP contribution is 2.25. The van der Waals surface area contributed by atoms with Gasteiger partial charge in [0.1, 0.15) is 11.5 Å². The lowest BCUT2D eigenvalue weighted by Crippen LogP contribution is -2.08. The van der Waals surface area contributed by atoms with Gasteiger partial charge < -0.3 is 5.32 Å². The number of nitrogens with one attached hydrogen (secondary N) is 1. The molecule has 0 aliphatic heterocycles. The summed E-state index contributed by atoms with van der Waals surface area (Å²) in [6.07, 6.45) is 5.00. The number of rotatable bonds is 5. The van der Waals surface area contributed by atoms with E-state index in [1.54, 1.807) is 35.4 Å². The van der Waals surface area contributed by atoms with E-state index < -0.39 is 10.7 Å². The van der Waals surface area contributed by atoms with Crippen molar-refractivity contribution in [3.63, 3.8) is 0 Å². The molecule has 0 radical (unpaired) electrons. The molecule has 0 fully saturated rings. The van der Waals surface area contributed by atoms with Gasteiger partial charge in [-0.15, -0.1) is 0 Å². The van der Waals surface area contributed by atoms with Crippen LogP contribution in [-0.4, -0.2) is 19.7 Å². The van der Waals surface area contributed by atoms with Gasteiger partial charge in [-0.3, -0.25) is 10.1 Å². The van der Waals surface area contributed by atoms with E-state index in [4.69, 9.17) is 0 Å². The average molecular weight is 313 g/mol. The van der Waals surface area contributed by atoms with Crippen molar-refractivity contribution in [3.8, 4) is 5.82 Å². The number of nitrogens with zero attached hydrogens (tertiary/aromatic N) is 4. The van der Waals surface area contributed by atoms with E-state index >= 15 is 0 Å². The van der Waals surface area contributed by atoms with E-state index in [1.165, 1.54) is 0 Å². The molecule has 0 saturated heterocycles. The maximum atomic E-state index is 13.3. The lowest BCUT2D eigenvalue weighted by Gasteiger charge is -2.11. The number of halogens is 1. The van der Waals surface area contributed by atoms with Gasteiger partial charge in [0.2, 0.25) is 0 Å². The smallest absolute Gasteiger partial charge is 0.292 e. The highest BCUT2D eigenvalue weighted by Gasteiger charge is 2.15. The SMILES string of the molecule is O=[N+]([O-])c1ccc(F)cc1NCc1cccnc1-n1cccn1. The molecule has 0 bridgehead atoms. The number of nitro groups is 1. The van der Waals surface area contributed by atoms with Gasteiger partial charge in [0.15, 0.2) is 5.82 Å². The summed E-state index contributed by atoms with van der Waals surface area (Å²) in [7, 11) is 0. The summed E-state index contributed by atoms with van der Waals surface area (Å²) in [6.45, 7) is 0.243. The van der Waals surface area contributed by atoms with Crippen molar-refractivity contribution in [2.75, 3.05) is 5.32 Å². The molecule has 23 heavy (non-hydrogen) atoms. The van der Waals surface area contributed by atoms with Crippen LogP contribution in [0.1, 0.15) is 5.56 Å². The summed E-state index contributed by atoms with van der Waals surface area (Å²) in [6, 6.07) is 8.63. The molecule has 0 atom stereocenters. The Hall–Kier alpha value is -3.29. The third-order valence-corrected chi connectivity index (χ3v) is 3.21. The Kier molecular flexibility index (Phi) is 3.96. The molecule has 116 valence electrons. The molecule has 2 aromatic heterocycles. The van der Waals surface area contributed by atoms with E-state index in [-0.39, 0.29) is 17.9 Å². The summed E-state index contributed by atoms with van der Waals surface area (Å²) in [5, 5.41) is 18.0. The molecular weight excluding hydrogens is 301 g/mol. The second-order valence-electron chi connectivity index (χ2n) is 4.71. The molecule has 0 aliphatic carbocycles. The van der Waals surface area contributed by atoms with Crippen LogP contribution in [0.15, 0.2) is 55.0 Å². The third kappa shape index (κ3) is 3.15. The van der Waals surface area contributed by atoms with Crippen LogP contribution >= 0.6 is 0 Å². The summed E-state index contributed by atoms with van der Waals surface area (Å²) >= 11 is 0. The lowest BCUT2D eigenvalue weighted by atomic mass is 10.2. The zero-order chi connectivity index (χ0) is 16.2. The first-order valence-electron chi connectivity index (χ1n) is 6.77. The van der Waals surface area contributed by atoms with Gasteiger partial charge in [0, 0.05) is 42.8 Å². The highest BCUT2D eigenvalue weighted by molar-refractivity contribution is 5.61. The van der Waals surface area contributed by atoms with Crippen molar-refractivity contribution in [1.29, 1.82) is 0 Å². The van der Waals surface area contributed by atoms with E-state index in [2.05, 4.69) is 15.4 Å². The fourth-order valence-corrected chi connectivity index (χ4v) is 2.17. The highest BCUT2D eigenvalue weighted by atomic mass is 19.1. The summed E-state index contributed by atoms with van der Waals surface area (Å²) in [5.74, 6) is 0.0562. The number of hydrogen-bond acceptors (Lipinski definition) is 5. The van der Waals surface area contributed by atoms with Crippen LogP contribution in [0, 0.1) is 15.9 Å². The minimum absolute atomic E-state index is 0.116. The predicted molar refractivity (Wildman–Crippen MR) is 81.7 cm³/mol. The average Bonchev–Trinajstić information content (AvgIpc) is 3.07. The molecule has 2 heterocycles. The van der Waals surface area contributed by atoms with Gasteiger partial charge in [-0.25, -0.2) is 14.1 Å². The van der Waals surface area contributed by atoms with Gasteiger partial charge in [0.25, 0.3) is 5.69 Å². The van der Waals surface area contributed by atoms with E-state index in [0.29, 0.717) is 5.82 Å². The molecule has 0 amide bonds. The normalized spacial score (nSPS) is 10.5. The zero-order valence-electron chi connectivity index (χ0n) is 11.9. The second kappa shape index (κ2) is 6.22. The van der Waals surface area contributed by atoms with Gasteiger partial charge in [0.05, 0.1) is 4.92 Å². The van der Waals surface area contributed by atoms with E-state index in [0.717, 1.165) is 23.8 Å².